The Labute approximate surface area is 119 Å². The molecule has 2 atom stereocenters. The molecule has 0 aliphatic heterocycles. The molecule has 1 aromatic rings. The van der Waals surface area contributed by atoms with E-state index in [1.807, 2.05) is 13.0 Å². The normalized spacial score (nSPS) is 13.8. The van der Waals surface area contributed by atoms with Crippen molar-refractivity contribution in [3.63, 3.8) is 0 Å². The molecule has 0 bridgehead atoms. The fraction of sp³-hybridized carbons (Fsp3) is 0.533. The van der Waals surface area contributed by atoms with Crippen LogP contribution in [-0.4, -0.2) is 37.4 Å². The molecule has 0 fully saturated rings. The van der Waals surface area contributed by atoms with Crippen LogP contribution in [0.2, 0.25) is 0 Å². The van der Waals surface area contributed by atoms with E-state index in [2.05, 4.69) is 5.32 Å². The number of hydrogen-bond acceptors (Lipinski definition) is 3. The van der Waals surface area contributed by atoms with Crippen molar-refractivity contribution < 1.29 is 19.0 Å². The van der Waals surface area contributed by atoms with Crippen LogP contribution in [-0.2, 0) is 16.0 Å². The van der Waals surface area contributed by atoms with Crippen LogP contribution in [0.15, 0.2) is 24.3 Å². The van der Waals surface area contributed by atoms with Gasteiger partial charge in [-0.3, -0.25) is 4.79 Å². The molecular weight excluding hydrogens is 261 g/mol. The Morgan fingerprint density at radius 3 is 2.85 bits per heavy atom. The Balaban J connectivity index is 2.41. The lowest BCUT2D eigenvalue weighted by Gasteiger charge is -2.18. The molecule has 0 heterocycles. The van der Waals surface area contributed by atoms with Gasteiger partial charge in [-0.1, -0.05) is 19.1 Å². The number of aliphatic hydroxyl groups is 1. The summed E-state index contributed by atoms with van der Waals surface area (Å²) in [5.74, 6) is -0.596. The van der Waals surface area contributed by atoms with Gasteiger partial charge in [0, 0.05) is 13.0 Å². The first-order chi connectivity index (χ1) is 9.56. The highest BCUT2D eigenvalue weighted by Crippen LogP contribution is 2.11. The van der Waals surface area contributed by atoms with Gasteiger partial charge in [0.05, 0.1) is 19.3 Å². The van der Waals surface area contributed by atoms with Crippen molar-refractivity contribution in [3.8, 4) is 0 Å². The Bertz CT molecular complexity index is 425. The summed E-state index contributed by atoms with van der Waals surface area (Å²) in [4.78, 5) is 11.9. The minimum Gasteiger partial charge on any atom is -0.394 e. The van der Waals surface area contributed by atoms with E-state index < -0.39 is 0 Å². The summed E-state index contributed by atoms with van der Waals surface area (Å²) in [7, 11) is 1.52. The molecule has 20 heavy (non-hydrogen) atoms. The molecule has 112 valence electrons. The van der Waals surface area contributed by atoms with Crippen molar-refractivity contribution in [1.29, 1.82) is 0 Å². The Kier molecular flexibility index (Phi) is 7.18. The van der Waals surface area contributed by atoms with Gasteiger partial charge in [-0.2, -0.15) is 0 Å². The van der Waals surface area contributed by atoms with Gasteiger partial charge in [0.25, 0.3) is 0 Å². The third-order valence-electron chi connectivity index (χ3n) is 3.14. The fourth-order valence-electron chi connectivity index (χ4n) is 1.89. The number of carbonyl (C=O) groups is 1. The average molecular weight is 283 g/mol. The van der Waals surface area contributed by atoms with Gasteiger partial charge in [0.2, 0.25) is 5.91 Å². The molecule has 1 amide bonds. The first kappa shape index (κ1) is 16.6. The van der Waals surface area contributed by atoms with Gasteiger partial charge >= 0.3 is 0 Å². The summed E-state index contributed by atoms with van der Waals surface area (Å²) in [6.07, 6.45) is 1.26. The van der Waals surface area contributed by atoms with Crippen LogP contribution < -0.4 is 5.32 Å². The second-order valence-electron chi connectivity index (χ2n) is 4.91. The van der Waals surface area contributed by atoms with Gasteiger partial charge in [-0.15, -0.1) is 0 Å². The van der Waals surface area contributed by atoms with Gasteiger partial charge < -0.3 is 15.2 Å². The molecule has 0 saturated carbocycles. The number of benzene rings is 1. The van der Waals surface area contributed by atoms with Crippen LogP contribution in [0.5, 0.6) is 0 Å². The summed E-state index contributed by atoms with van der Waals surface area (Å²) in [6.45, 7) is 1.94. The maximum absolute atomic E-state index is 13.0. The zero-order valence-electron chi connectivity index (χ0n) is 11.9. The number of ether oxygens (including phenoxy) is 1. The number of rotatable bonds is 8. The predicted molar refractivity (Wildman–Crippen MR) is 74.8 cm³/mol. The zero-order valence-corrected chi connectivity index (χ0v) is 11.9. The lowest BCUT2D eigenvalue weighted by atomic mass is 10.00. The zero-order chi connectivity index (χ0) is 15.0. The maximum Gasteiger partial charge on any atom is 0.223 e. The van der Waals surface area contributed by atoms with E-state index in [0.717, 1.165) is 5.56 Å². The third-order valence-corrected chi connectivity index (χ3v) is 3.14. The molecule has 4 nitrogen and oxygen atoms in total. The SMILES string of the molecule is COC[C@H](CO)NC(=O)[C@H](C)CCc1cccc(F)c1. The topological polar surface area (TPSA) is 58.6 Å². The quantitative estimate of drug-likeness (QED) is 0.760. The summed E-state index contributed by atoms with van der Waals surface area (Å²) in [6, 6.07) is 6.00. The van der Waals surface area contributed by atoms with Crippen LogP contribution in [0.4, 0.5) is 4.39 Å². The van der Waals surface area contributed by atoms with Gasteiger partial charge in [-0.05, 0) is 30.5 Å². The minimum atomic E-state index is -0.385. The first-order valence-electron chi connectivity index (χ1n) is 6.71. The predicted octanol–water partition coefficient (Wildman–Crippen LogP) is 1.52. The first-order valence-corrected chi connectivity index (χ1v) is 6.71. The Hall–Kier alpha value is -1.46. The van der Waals surface area contributed by atoms with Crippen LogP contribution >= 0.6 is 0 Å². The standard InChI is InChI=1S/C15H22FNO3/c1-11(15(19)17-14(9-18)10-20-2)6-7-12-4-3-5-13(16)8-12/h3-5,8,11,14,18H,6-7,9-10H2,1-2H3,(H,17,19)/t11-,14+/m1/s1. The number of hydrogen-bond donors (Lipinski definition) is 2. The molecule has 0 radical (unpaired) electrons. The number of amides is 1. The highest BCUT2D eigenvalue weighted by Gasteiger charge is 2.17. The van der Waals surface area contributed by atoms with Crippen molar-refractivity contribution >= 4 is 5.91 Å². The smallest absolute Gasteiger partial charge is 0.223 e. The average Bonchev–Trinajstić information content (AvgIpc) is 2.44. The van der Waals surface area contributed by atoms with Crippen molar-refractivity contribution in [3.05, 3.63) is 35.6 Å². The van der Waals surface area contributed by atoms with Gasteiger partial charge in [0.1, 0.15) is 5.82 Å². The number of halogens is 1. The number of aliphatic hydroxyl groups excluding tert-OH is 1. The molecule has 0 aliphatic rings. The molecule has 0 spiro atoms. The second-order valence-corrected chi connectivity index (χ2v) is 4.91. The monoisotopic (exact) mass is 283 g/mol. The van der Waals surface area contributed by atoms with Crippen LogP contribution in [0.3, 0.4) is 0 Å². The van der Waals surface area contributed by atoms with Gasteiger partial charge in [-0.25, -0.2) is 4.39 Å². The van der Waals surface area contributed by atoms with E-state index in [1.165, 1.54) is 19.2 Å². The molecule has 0 saturated heterocycles. The van der Waals surface area contributed by atoms with Crippen LogP contribution in [0.25, 0.3) is 0 Å². The highest BCUT2D eigenvalue weighted by atomic mass is 19.1. The number of methoxy groups -OCH3 is 1. The third kappa shape index (κ3) is 5.67. The van der Waals surface area contributed by atoms with E-state index in [1.54, 1.807) is 6.07 Å². The Morgan fingerprint density at radius 2 is 2.25 bits per heavy atom. The molecule has 2 N–H and O–H groups in total. The largest absolute Gasteiger partial charge is 0.394 e. The summed E-state index contributed by atoms with van der Waals surface area (Å²) < 4.78 is 17.9. The van der Waals surface area contributed by atoms with E-state index in [4.69, 9.17) is 9.84 Å². The van der Waals surface area contributed by atoms with E-state index in [-0.39, 0.29) is 36.9 Å². The number of aryl methyl sites for hydroxylation is 1. The Morgan fingerprint density at radius 1 is 1.50 bits per heavy atom. The molecule has 0 aliphatic carbocycles. The summed E-state index contributed by atoms with van der Waals surface area (Å²) in [5, 5.41) is 11.8. The highest BCUT2D eigenvalue weighted by molar-refractivity contribution is 5.78. The van der Waals surface area contributed by atoms with E-state index >= 15 is 0 Å². The van der Waals surface area contributed by atoms with Crippen molar-refractivity contribution in [2.45, 2.75) is 25.8 Å². The lowest BCUT2D eigenvalue weighted by Crippen LogP contribution is -2.43. The second kappa shape index (κ2) is 8.66. The molecule has 0 unspecified atom stereocenters. The molecule has 5 heteroatoms. The van der Waals surface area contributed by atoms with Crippen LogP contribution in [0, 0.1) is 11.7 Å². The molecule has 0 aromatic heterocycles. The molecule has 1 aromatic carbocycles. The van der Waals surface area contributed by atoms with Crippen LogP contribution in [0.1, 0.15) is 18.9 Å². The maximum atomic E-state index is 13.0. The van der Waals surface area contributed by atoms with Crippen molar-refractivity contribution in [1.82, 2.24) is 5.32 Å². The van der Waals surface area contributed by atoms with E-state index in [0.29, 0.717) is 12.8 Å². The van der Waals surface area contributed by atoms with Crippen molar-refractivity contribution in [2.75, 3.05) is 20.3 Å². The lowest BCUT2D eigenvalue weighted by molar-refractivity contribution is -0.126. The molecule has 1 rings (SSSR count). The minimum absolute atomic E-state index is 0.127. The van der Waals surface area contributed by atoms with E-state index in [9.17, 15) is 9.18 Å². The number of nitrogens with one attached hydrogen (secondary N) is 1. The molecular formula is C15H22FNO3. The summed E-state index contributed by atoms with van der Waals surface area (Å²) in [5.41, 5.74) is 0.875. The number of carbonyl (C=O) groups excluding carboxylic acids is 1. The van der Waals surface area contributed by atoms with Gasteiger partial charge in [0.15, 0.2) is 0 Å². The van der Waals surface area contributed by atoms with Crippen molar-refractivity contribution in [2.24, 2.45) is 5.92 Å². The summed E-state index contributed by atoms with van der Waals surface area (Å²) >= 11 is 0. The fourth-order valence-corrected chi connectivity index (χ4v) is 1.89.